The van der Waals surface area contributed by atoms with Gasteiger partial charge in [-0.15, -0.1) is 0 Å². The lowest BCUT2D eigenvalue weighted by atomic mass is 9.72. The summed E-state index contributed by atoms with van der Waals surface area (Å²) in [5, 5.41) is 3.84. The Morgan fingerprint density at radius 2 is 2.00 bits per heavy atom. The summed E-state index contributed by atoms with van der Waals surface area (Å²) in [5.74, 6) is 2.55. The van der Waals surface area contributed by atoms with Gasteiger partial charge in [-0.05, 0) is 50.1 Å². The first-order valence-electron chi connectivity index (χ1n) is 9.23. The van der Waals surface area contributed by atoms with Crippen LogP contribution in [0.2, 0.25) is 0 Å². The van der Waals surface area contributed by atoms with E-state index in [-0.39, 0.29) is 0 Å². The summed E-state index contributed by atoms with van der Waals surface area (Å²) in [5.41, 5.74) is 0. The van der Waals surface area contributed by atoms with Gasteiger partial charge >= 0.3 is 0 Å². The van der Waals surface area contributed by atoms with Gasteiger partial charge in [-0.1, -0.05) is 34.1 Å². The molecule has 21 heavy (non-hydrogen) atoms. The molecule has 5 atom stereocenters. The largest absolute Gasteiger partial charge is 0.374 e. The number of nitrogens with zero attached hydrogens (tertiary/aromatic N) is 1. The molecule has 0 aromatic carbocycles. The van der Waals surface area contributed by atoms with E-state index < -0.39 is 0 Å². The number of hydrogen-bond acceptors (Lipinski definition) is 3. The molecule has 3 heteroatoms. The van der Waals surface area contributed by atoms with Crippen LogP contribution in [0.3, 0.4) is 0 Å². The zero-order chi connectivity index (χ0) is 15.2. The van der Waals surface area contributed by atoms with Crippen LogP contribution in [0.25, 0.3) is 0 Å². The van der Waals surface area contributed by atoms with Crippen molar-refractivity contribution in [2.45, 2.75) is 65.5 Å². The fraction of sp³-hybridized carbons (Fsp3) is 1.00. The van der Waals surface area contributed by atoms with Crippen LogP contribution in [-0.2, 0) is 4.74 Å². The highest BCUT2D eigenvalue weighted by atomic mass is 16.5. The number of ether oxygens (including phenoxy) is 1. The summed E-state index contributed by atoms with van der Waals surface area (Å²) in [6, 6.07) is 0.550. The summed E-state index contributed by atoms with van der Waals surface area (Å²) in [7, 11) is 0. The van der Waals surface area contributed by atoms with E-state index >= 15 is 0 Å². The van der Waals surface area contributed by atoms with Gasteiger partial charge in [-0.2, -0.15) is 0 Å². The Balaban J connectivity index is 1.99. The maximum Gasteiger partial charge on any atom is 0.0857 e. The molecular formula is C18H36N2O. The van der Waals surface area contributed by atoms with Crippen molar-refractivity contribution < 1.29 is 4.74 Å². The number of rotatable bonds is 6. The second-order valence-electron chi connectivity index (χ2n) is 7.31. The molecule has 3 nitrogen and oxygen atoms in total. The van der Waals surface area contributed by atoms with E-state index in [4.69, 9.17) is 4.74 Å². The molecule has 1 saturated carbocycles. The predicted molar refractivity (Wildman–Crippen MR) is 89.6 cm³/mol. The van der Waals surface area contributed by atoms with Gasteiger partial charge in [0.15, 0.2) is 0 Å². The normalized spacial score (nSPS) is 36.6. The van der Waals surface area contributed by atoms with Crippen LogP contribution in [0.4, 0.5) is 0 Å². The molecule has 1 heterocycles. The highest BCUT2D eigenvalue weighted by Crippen LogP contribution is 2.36. The van der Waals surface area contributed by atoms with Gasteiger partial charge in [0.1, 0.15) is 0 Å². The Kier molecular flexibility index (Phi) is 6.97. The molecule has 1 N–H and O–H groups in total. The summed E-state index contributed by atoms with van der Waals surface area (Å²) in [4.78, 5) is 2.55. The van der Waals surface area contributed by atoms with Crippen molar-refractivity contribution in [2.75, 3.05) is 32.8 Å². The van der Waals surface area contributed by atoms with Crippen LogP contribution in [0.1, 0.15) is 53.4 Å². The van der Waals surface area contributed by atoms with Crippen LogP contribution < -0.4 is 5.32 Å². The molecule has 2 rings (SSSR count). The molecule has 1 aliphatic carbocycles. The molecule has 0 spiro atoms. The van der Waals surface area contributed by atoms with Crippen molar-refractivity contribution in [3.05, 3.63) is 0 Å². The smallest absolute Gasteiger partial charge is 0.0857 e. The first-order chi connectivity index (χ1) is 10.2. The van der Waals surface area contributed by atoms with Crippen molar-refractivity contribution in [1.82, 2.24) is 10.2 Å². The monoisotopic (exact) mass is 296 g/mol. The van der Waals surface area contributed by atoms with Gasteiger partial charge in [-0.3, -0.25) is 4.90 Å². The number of nitrogens with one attached hydrogen (secondary N) is 1. The van der Waals surface area contributed by atoms with E-state index in [1.165, 1.54) is 25.7 Å². The van der Waals surface area contributed by atoms with E-state index in [1.54, 1.807) is 0 Å². The molecule has 1 saturated heterocycles. The van der Waals surface area contributed by atoms with Crippen molar-refractivity contribution in [3.63, 3.8) is 0 Å². The molecule has 0 aromatic heterocycles. The van der Waals surface area contributed by atoms with E-state index in [0.717, 1.165) is 50.5 Å². The first kappa shape index (κ1) is 17.2. The molecular weight excluding hydrogens is 260 g/mol. The molecule has 124 valence electrons. The summed E-state index contributed by atoms with van der Waals surface area (Å²) in [6.45, 7) is 14.8. The zero-order valence-electron chi connectivity index (χ0n) is 14.6. The molecule has 2 fully saturated rings. The molecule has 2 aliphatic rings. The fourth-order valence-corrected chi connectivity index (χ4v) is 4.06. The minimum absolute atomic E-state index is 0.385. The van der Waals surface area contributed by atoms with Crippen LogP contribution in [0.5, 0.6) is 0 Å². The Morgan fingerprint density at radius 1 is 1.19 bits per heavy atom. The maximum absolute atomic E-state index is 6.18. The maximum atomic E-state index is 6.18. The number of morpholine rings is 1. The van der Waals surface area contributed by atoms with Crippen molar-refractivity contribution in [3.8, 4) is 0 Å². The number of hydrogen-bond donors (Lipinski definition) is 1. The Morgan fingerprint density at radius 3 is 2.67 bits per heavy atom. The lowest BCUT2D eigenvalue weighted by Crippen LogP contribution is -2.55. The van der Waals surface area contributed by atoms with E-state index in [0.29, 0.717) is 12.1 Å². The third-order valence-electron chi connectivity index (χ3n) is 5.80. The van der Waals surface area contributed by atoms with Crippen LogP contribution in [0.15, 0.2) is 0 Å². The van der Waals surface area contributed by atoms with Crippen molar-refractivity contribution in [1.29, 1.82) is 0 Å². The minimum atomic E-state index is 0.385. The quantitative estimate of drug-likeness (QED) is 0.815. The SMILES string of the molecule is CCCNC(C1CCC(C)C(C)C1)C1CN(CC)CCO1. The standard InChI is InChI=1S/C18H36N2O/c1-5-9-19-18(16-8-7-14(3)15(4)12-16)17-13-20(6-2)10-11-21-17/h14-19H,5-13H2,1-4H3. The van der Waals surface area contributed by atoms with Gasteiger partial charge < -0.3 is 10.1 Å². The van der Waals surface area contributed by atoms with Gasteiger partial charge in [0, 0.05) is 19.1 Å². The summed E-state index contributed by atoms with van der Waals surface area (Å²) in [6.07, 6.45) is 5.73. The van der Waals surface area contributed by atoms with Crippen LogP contribution in [-0.4, -0.2) is 49.8 Å². The minimum Gasteiger partial charge on any atom is -0.374 e. The van der Waals surface area contributed by atoms with Crippen LogP contribution >= 0.6 is 0 Å². The van der Waals surface area contributed by atoms with E-state index in [2.05, 4.69) is 37.9 Å². The zero-order valence-corrected chi connectivity index (χ0v) is 14.6. The molecule has 5 unspecified atom stereocenters. The number of likely N-dealkylation sites (N-methyl/N-ethyl adjacent to an activating group) is 1. The molecule has 0 bridgehead atoms. The van der Waals surface area contributed by atoms with E-state index in [1.807, 2.05) is 0 Å². The van der Waals surface area contributed by atoms with Crippen molar-refractivity contribution >= 4 is 0 Å². The topological polar surface area (TPSA) is 24.5 Å². The van der Waals surface area contributed by atoms with E-state index in [9.17, 15) is 0 Å². The van der Waals surface area contributed by atoms with Gasteiger partial charge in [0.2, 0.25) is 0 Å². The highest BCUT2D eigenvalue weighted by molar-refractivity contribution is 4.91. The summed E-state index contributed by atoms with van der Waals surface area (Å²) >= 11 is 0. The first-order valence-corrected chi connectivity index (χ1v) is 9.23. The average molecular weight is 296 g/mol. The molecule has 0 radical (unpaired) electrons. The second-order valence-corrected chi connectivity index (χ2v) is 7.31. The second kappa shape index (κ2) is 8.50. The highest BCUT2D eigenvalue weighted by Gasteiger charge is 2.36. The molecule has 1 aliphatic heterocycles. The molecule has 0 aromatic rings. The van der Waals surface area contributed by atoms with Crippen LogP contribution in [0, 0.1) is 17.8 Å². The third kappa shape index (κ3) is 4.67. The summed E-state index contributed by atoms with van der Waals surface area (Å²) < 4.78 is 6.18. The third-order valence-corrected chi connectivity index (χ3v) is 5.80. The fourth-order valence-electron chi connectivity index (χ4n) is 4.06. The van der Waals surface area contributed by atoms with Gasteiger partial charge in [0.25, 0.3) is 0 Å². The van der Waals surface area contributed by atoms with Gasteiger partial charge in [0.05, 0.1) is 12.7 Å². The Hall–Kier alpha value is -0.120. The predicted octanol–water partition coefficient (Wildman–Crippen LogP) is 3.15. The Bertz CT molecular complexity index is 291. The lowest BCUT2D eigenvalue weighted by molar-refractivity contribution is -0.0610. The lowest BCUT2D eigenvalue weighted by Gasteiger charge is -2.43. The van der Waals surface area contributed by atoms with Crippen molar-refractivity contribution in [2.24, 2.45) is 17.8 Å². The Labute approximate surface area is 131 Å². The average Bonchev–Trinajstić information content (AvgIpc) is 2.51. The molecule has 0 amide bonds. The van der Waals surface area contributed by atoms with Gasteiger partial charge in [-0.25, -0.2) is 0 Å².